The second-order valence-corrected chi connectivity index (χ2v) is 9.17. The molecule has 3 aliphatic rings. The summed E-state index contributed by atoms with van der Waals surface area (Å²) in [6.07, 6.45) is -1.89. The van der Waals surface area contributed by atoms with Crippen molar-refractivity contribution >= 4 is 0 Å². The van der Waals surface area contributed by atoms with Crippen molar-refractivity contribution < 1.29 is 34.3 Å². The maximum absolute atomic E-state index is 10.9. The van der Waals surface area contributed by atoms with Gasteiger partial charge in [0.25, 0.3) is 0 Å². The lowest BCUT2D eigenvalue weighted by atomic mass is 9.84. The Bertz CT molecular complexity index is 612. The first kappa shape index (κ1) is 31.1. The summed E-state index contributed by atoms with van der Waals surface area (Å²) < 4.78 is 22.8. The first-order valence-electron chi connectivity index (χ1n) is 11.9. The summed E-state index contributed by atoms with van der Waals surface area (Å²) in [5, 5.41) is 31.1. The Hall–Kier alpha value is -0.900. The van der Waals surface area contributed by atoms with Gasteiger partial charge in [0, 0.05) is 18.5 Å². The van der Waals surface area contributed by atoms with Crippen LogP contribution in [0.25, 0.3) is 0 Å². The molecule has 1 saturated heterocycles. The van der Waals surface area contributed by atoms with Crippen LogP contribution < -0.4 is 28.7 Å². The second-order valence-electron chi connectivity index (χ2n) is 9.17. The minimum absolute atomic E-state index is 0.00874. The minimum Gasteiger partial charge on any atom is -0.467 e. The summed E-state index contributed by atoms with van der Waals surface area (Å²) >= 11 is 0. The average molecular weight is 494 g/mol. The van der Waals surface area contributed by atoms with E-state index in [1.165, 1.54) is 13.5 Å². The van der Waals surface area contributed by atoms with Gasteiger partial charge in [-0.25, -0.2) is 0 Å². The molecule has 0 amide bonds. The van der Waals surface area contributed by atoms with E-state index in [1.807, 2.05) is 0 Å². The highest BCUT2D eigenvalue weighted by Crippen LogP contribution is 2.30. The number of ether oxygens (including phenoxy) is 4. The lowest BCUT2D eigenvalue weighted by Crippen LogP contribution is -2.65. The first-order chi connectivity index (χ1) is 16.0. The molecule has 2 fully saturated rings. The molecule has 10 atom stereocenters. The summed E-state index contributed by atoms with van der Waals surface area (Å²) in [4.78, 5) is 0. The number of rotatable bonds is 5. The topological polar surface area (TPSA) is 228 Å². The Labute approximate surface area is 202 Å². The van der Waals surface area contributed by atoms with Crippen molar-refractivity contribution in [1.29, 1.82) is 0 Å². The van der Waals surface area contributed by atoms with Crippen molar-refractivity contribution in [2.24, 2.45) is 28.7 Å². The molecule has 2 aliphatic heterocycles. The zero-order valence-corrected chi connectivity index (χ0v) is 20.9. The second kappa shape index (κ2) is 14.6. The van der Waals surface area contributed by atoms with Crippen LogP contribution >= 0.6 is 0 Å². The van der Waals surface area contributed by atoms with Crippen LogP contribution in [-0.2, 0) is 18.9 Å². The first-order valence-corrected chi connectivity index (χ1v) is 11.9. The van der Waals surface area contributed by atoms with Crippen LogP contribution in [0.15, 0.2) is 11.8 Å². The number of hydrogen-bond acceptors (Lipinski definition) is 12. The molecule has 2 heterocycles. The van der Waals surface area contributed by atoms with Gasteiger partial charge in [-0.2, -0.15) is 0 Å². The molecule has 0 aromatic rings. The smallest absolute Gasteiger partial charge is 0.215 e. The van der Waals surface area contributed by atoms with Crippen LogP contribution in [0.5, 0.6) is 0 Å². The largest absolute Gasteiger partial charge is 0.467 e. The van der Waals surface area contributed by atoms with Gasteiger partial charge in [-0.05, 0) is 32.9 Å². The van der Waals surface area contributed by atoms with Gasteiger partial charge < -0.3 is 62.9 Å². The van der Waals surface area contributed by atoms with Crippen molar-refractivity contribution in [1.82, 2.24) is 0 Å². The van der Waals surface area contributed by atoms with E-state index in [4.69, 9.17) is 41.9 Å². The summed E-state index contributed by atoms with van der Waals surface area (Å²) in [5.74, 6) is 0.561. The highest BCUT2D eigenvalue weighted by atomic mass is 16.7. The molecular formula is C22H47N5O7. The van der Waals surface area contributed by atoms with Crippen molar-refractivity contribution in [3.63, 3.8) is 0 Å². The standard InChI is InChI=1S/C18H34N4O7.C3H8.CH5N/c1-18(25)5-12(23)17(26-7-18)29-15-11(22)4-10(21)14(13(15)24)28-16-9(20)3-2-8(6-19)27-16;1-3-2;1-2/h2,9-17,23-25H,3-7,19-22H2,1H3;3H2,1-2H3;2H2,1H3/t9-,10?,11?,12?,13?,14-,15+,16-,17?,18-;;/m1../s1. The normalized spacial score (nSPS) is 42.2. The molecule has 12 nitrogen and oxygen atoms in total. The van der Waals surface area contributed by atoms with E-state index >= 15 is 0 Å². The summed E-state index contributed by atoms with van der Waals surface area (Å²) in [6.45, 7) is 6.02. The lowest BCUT2D eigenvalue weighted by Gasteiger charge is -2.46. The van der Waals surface area contributed by atoms with Gasteiger partial charge in [0.2, 0.25) is 6.29 Å². The van der Waals surface area contributed by atoms with Crippen molar-refractivity contribution in [2.75, 3.05) is 20.2 Å². The predicted octanol–water partition coefficient (Wildman–Crippen LogP) is -2.06. The third-order valence-electron chi connectivity index (χ3n) is 5.60. The van der Waals surface area contributed by atoms with Gasteiger partial charge in [0.05, 0.1) is 24.8 Å². The van der Waals surface area contributed by atoms with E-state index in [0.717, 1.165) is 0 Å². The van der Waals surface area contributed by atoms with Crippen LogP contribution in [-0.4, -0.2) is 96.2 Å². The number of nitrogens with two attached hydrogens (primary N) is 5. The summed E-state index contributed by atoms with van der Waals surface area (Å²) in [7, 11) is 1.50. The van der Waals surface area contributed by atoms with E-state index in [1.54, 1.807) is 13.0 Å². The van der Waals surface area contributed by atoms with Crippen molar-refractivity contribution in [2.45, 2.75) is 107 Å². The lowest BCUT2D eigenvalue weighted by molar-refractivity contribution is -0.296. The predicted molar refractivity (Wildman–Crippen MR) is 128 cm³/mol. The van der Waals surface area contributed by atoms with Gasteiger partial charge in [-0.3, -0.25) is 0 Å². The third-order valence-corrected chi connectivity index (χ3v) is 5.60. The Morgan fingerprint density at radius 2 is 1.56 bits per heavy atom. The SMILES string of the molecule is CCC.CN.C[C@]1(O)COC(O[C@H]2C(N)CC(N)[C@@H](O[C@H]3OC(CN)=CC[C@H]3N)C2O)C(O)C1. The monoisotopic (exact) mass is 493 g/mol. The Balaban J connectivity index is 0.00000107. The fourth-order valence-corrected chi connectivity index (χ4v) is 3.98. The van der Waals surface area contributed by atoms with Gasteiger partial charge in [-0.15, -0.1) is 0 Å². The van der Waals surface area contributed by atoms with Crippen molar-refractivity contribution in [3.05, 3.63) is 11.8 Å². The molecular weight excluding hydrogens is 446 g/mol. The van der Waals surface area contributed by atoms with E-state index in [0.29, 0.717) is 18.6 Å². The molecule has 0 spiro atoms. The highest BCUT2D eigenvalue weighted by molar-refractivity contribution is 5.04. The van der Waals surface area contributed by atoms with Crippen LogP contribution in [0, 0.1) is 0 Å². The van der Waals surface area contributed by atoms with Gasteiger partial charge in [0.1, 0.15) is 30.2 Å². The maximum Gasteiger partial charge on any atom is 0.215 e. The number of hydrogen-bond donors (Lipinski definition) is 8. The van der Waals surface area contributed by atoms with Gasteiger partial charge >= 0.3 is 0 Å². The van der Waals surface area contributed by atoms with Gasteiger partial charge in [0.15, 0.2) is 6.29 Å². The highest BCUT2D eigenvalue weighted by Gasteiger charge is 2.48. The number of aliphatic hydroxyl groups is 3. The Morgan fingerprint density at radius 3 is 2.06 bits per heavy atom. The summed E-state index contributed by atoms with van der Waals surface area (Å²) in [5.41, 5.74) is 27.4. The molecule has 13 N–H and O–H groups in total. The Kier molecular flexibility index (Phi) is 13.4. The van der Waals surface area contributed by atoms with E-state index < -0.39 is 60.7 Å². The van der Waals surface area contributed by atoms with Crippen molar-refractivity contribution in [3.8, 4) is 0 Å². The molecule has 1 saturated carbocycles. The molecule has 0 radical (unpaired) electrons. The average Bonchev–Trinajstić information content (AvgIpc) is 2.78. The molecule has 0 aromatic heterocycles. The zero-order valence-electron chi connectivity index (χ0n) is 20.9. The molecule has 0 aromatic carbocycles. The fourth-order valence-electron chi connectivity index (χ4n) is 3.98. The molecule has 202 valence electrons. The molecule has 12 heteroatoms. The van der Waals surface area contributed by atoms with Gasteiger partial charge in [-0.1, -0.05) is 20.3 Å². The quantitative estimate of drug-likeness (QED) is 0.207. The summed E-state index contributed by atoms with van der Waals surface area (Å²) in [6, 6.07) is -1.61. The molecule has 5 unspecified atom stereocenters. The molecule has 0 bridgehead atoms. The fraction of sp³-hybridized carbons (Fsp3) is 0.909. The third kappa shape index (κ3) is 8.64. The molecule has 34 heavy (non-hydrogen) atoms. The minimum atomic E-state index is -1.20. The maximum atomic E-state index is 10.9. The number of aliphatic hydroxyl groups excluding tert-OH is 2. The van der Waals surface area contributed by atoms with Crippen LogP contribution in [0.4, 0.5) is 0 Å². The van der Waals surface area contributed by atoms with Crippen LogP contribution in [0.2, 0.25) is 0 Å². The van der Waals surface area contributed by atoms with Crippen LogP contribution in [0.3, 0.4) is 0 Å². The Morgan fingerprint density at radius 1 is 1.03 bits per heavy atom. The van der Waals surface area contributed by atoms with E-state index in [2.05, 4.69) is 19.6 Å². The van der Waals surface area contributed by atoms with E-state index in [-0.39, 0.29) is 19.6 Å². The van der Waals surface area contributed by atoms with E-state index in [9.17, 15) is 15.3 Å². The van der Waals surface area contributed by atoms with Crippen LogP contribution in [0.1, 0.15) is 46.5 Å². The molecule has 3 rings (SSSR count). The molecule has 1 aliphatic carbocycles. The zero-order chi connectivity index (χ0) is 26.1.